The SMILES string of the molecule is Brc1ccccc1NCCSc1ccc2c(c1)OCCO2. The maximum Gasteiger partial charge on any atom is 0.162 e. The summed E-state index contributed by atoms with van der Waals surface area (Å²) in [7, 11) is 0. The van der Waals surface area contributed by atoms with Crippen LogP contribution in [0.25, 0.3) is 0 Å². The van der Waals surface area contributed by atoms with Gasteiger partial charge in [0.05, 0.1) is 0 Å². The zero-order valence-electron chi connectivity index (χ0n) is 11.5. The summed E-state index contributed by atoms with van der Waals surface area (Å²) < 4.78 is 12.2. The first-order chi connectivity index (χ1) is 10.3. The molecule has 0 unspecified atom stereocenters. The quantitative estimate of drug-likeness (QED) is 0.627. The first kappa shape index (κ1) is 14.6. The van der Waals surface area contributed by atoms with E-state index in [-0.39, 0.29) is 0 Å². The number of para-hydroxylation sites is 1. The minimum Gasteiger partial charge on any atom is -0.486 e. The zero-order valence-corrected chi connectivity index (χ0v) is 13.9. The number of anilines is 1. The van der Waals surface area contributed by atoms with Gasteiger partial charge in [0.25, 0.3) is 0 Å². The second-order valence-electron chi connectivity index (χ2n) is 4.56. The highest BCUT2D eigenvalue weighted by Gasteiger charge is 2.11. The maximum absolute atomic E-state index is 5.60. The van der Waals surface area contributed by atoms with Gasteiger partial charge in [0.15, 0.2) is 11.5 Å². The molecule has 0 fully saturated rings. The second-order valence-corrected chi connectivity index (χ2v) is 6.58. The lowest BCUT2D eigenvalue weighted by atomic mass is 10.3. The Morgan fingerprint density at radius 1 is 1.05 bits per heavy atom. The van der Waals surface area contributed by atoms with Crippen LogP contribution in [-0.2, 0) is 0 Å². The molecule has 1 aliphatic rings. The van der Waals surface area contributed by atoms with Crippen molar-refractivity contribution in [2.75, 3.05) is 30.8 Å². The number of rotatable bonds is 5. The third kappa shape index (κ3) is 3.86. The van der Waals surface area contributed by atoms with Gasteiger partial charge in [-0.3, -0.25) is 0 Å². The van der Waals surface area contributed by atoms with Gasteiger partial charge >= 0.3 is 0 Å². The third-order valence-electron chi connectivity index (χ3n) is 3.07. The predicted molar refractivity (Wildman–Crippen MR) is 90.8 cm³/mol. The number of benzene rings is 2. The summed E-state index contributed by atoms with van der Waals surface area (Å²) in [5, 5.41) is 3.42. The second kappa shape index (κ2) is 7.09. The van der Waals surface area contributed by atoms with Crippen LogP contribution in [0, 0.1) is 0 Å². The molecule has 0 radical (unpaired) electrons. The van der Waals surface area contributed by atoms with Crippen molar-refractivity contribution < 1.29 is 9.47 Å². The molecule has 2 aromatic carbocycles. The molecule has 0 atom stereocenters. The number of fused-ring (bicyclic) bond motifs is 1. The fourth-order valence-corrected chi connectivity index (χ4v) is 3.29. The lowest BCUT2D eigenvalue weighted by Gasteiger charge is -2.18. The predicted octanol–water partition coefficient (Wildman–Crippen LogP) is 4.42. The molecule has 1 N–H and O–H groups in total. The average Bonchev–Trinajstić information content (AvgIpc) is 2.53. The maximum atomic E-state index is 5.60. The number of thioether (sulfide) groups is 1. The summed E-state index contributed by atoms with van der Waals surface area (Å²) in [5.74, 6) is 2.68. The van der Waals surface area contributed by atoms with E-state index in [1.807, 2.05) is 24.3 Å². The van der Waals surface area contributed by atoms with Gasteiger partial charge < -0.3 is 14.8 Å². The largest absolute Gasteiger partial charge is 0.486 e. The standard InChI is InChI=1S/C16H16BrNO2S/c17-13-3-1-2-4-14(13)18-7-10-21-12-5-6-15-16(11-12)20-9-8-19-15/h1-6,11,18H,7-10H2. The van der Waals surface area contributed by atoms with Crippen molar-refractivity contribution in [2.24, 2.45) is 0 Å². The molecule has 0 aliphatic carbocycles. The highest BCUT2D eigenvalue weighted by Crippen LogP contribution is 2.34. The van der Waals surface area contributed by atoms with Gasteiger partial charge in [-0.2, -0.15) is 0 Å². The van der Waals surface area contributed by atoms with E-state index in [0.717, 1.165) is 34.0 Å². The Morgan fingerprint density at radius 3 is 2.71 bits per heavy atom. The van der Waals surface area contributed by atoms with Gasteiger partial charge in [-0.05, 0) is 46.3 Å². The van der Waals surface area contributed by atoms with Crippen molar-refractivity contribution in [2.45, 2.75) is 4.90 Å². The molecule has 0 bridgehead atoms. The Morgan fingerprint density at radius 2 is 1.86 bits per heavy atom. The van der Waals surface area contributed by atoms with Crippen molar-refractivity contribution >= 4 is 33.4 Å². The monoisotopic (exact) mass is 365 g/mol. The van der Waals surface area contributed by atoms with E-state index < -0.39 is 0 Å². The van der Waals surface area contributed by atoms with E-state index in [1.54, 1.807) is 11.8 Å². The smallest absolute Gasteiger partial charge is 0.162 e. The van der Waals surface area contributed by atoms with Gasteiger partial charge in [-0.1, -0.05) is 12.1 Å². The fourth-order valence-electron chi connectivity index (χ4n) is 2.07. The van der Waals surface area contributed by atoms with Crippen molar-refractivity contribution in [1.29, 1.82) is 0 Å². The highest BCUT2D eigenvalue weighted by atomic mass is 79.9. The molecule has 0 amide bonds. The van der Waals surface area contributed by atoms with Crippen molar-refractivity contribution in [3.05, 3.63) is 46.9 Å². The first-order valence-corrected chi connectivity index (χ1v) is 8.61. The minimum absolute atomic E-state index is 0.630. The van der Waals surface area contributed by atoms with E-state index in [2.05, 4.69) is 39.4 Å². The Bertz CT molecular complexity index is 621. The Labute approximate surface area is 137 Å². The van der Waals surface area contributed by atoms with Gasteiger partial charge in [-0.15, -0.1) is 11.8 Å². The molecule has 0 saturated carbocycles. The number of ether oxygens (including phenoxy) is 2. The highest BCUT2D eigenvalue weighted by molar-refractivity contribution is 9.10. The van der Waals surface area contributed by atoms with Crippen LogP contribution in [0.1, 0.15) is 0 Å². The molecule has 2 aromatic rings. The molecule has 3 rings (SSSR count). The number of nitrogens with one attached hydrogen (secondary N) is 1. The van der Waals surface area contributed by atoms with Crippen LogP contribution in [0.3, 0.4) is 0 Å². The topological polar surface area (TPSA) is 30.5 Å². The molecule has 5 heteroatoms. The van der Waals surface area contributed by atoms with E-state index in [1.165, 1.54) is 4.90 Å². The van der Waals surface area contributed by atoms with Gasteiger partial charge in [0.1, 0.15) is 13.2 Å². The molecular weight excluding hydrogens is 350 g/mol. The van der Waals surface area contributed by atoms with Crippen molar-refractivity contribution in [3.63, 3.8) is 0 Å². The van der Waals surface area contributed by atoms with E-state index in [4.69, 9.17) is 9.47 Å². The number of hydrogen-bond donors (Lipinski definition) is 1. The van der Waals surface area contributed by atoms with Crippen LogP contribution in [-0.4, -0.2) is 25.5 Å². The molecule has 110 valence electrons. The lowest BCUT2D eigenvalue weighted by molar-refractivity contribution is 0.171. The zero-order chi connectivity index (χ0) is 14.5. The van der Waals surface area contributed by atoms with Crippen molar-refractivity contribution in [3.8, 4) is 11.5 Å². The molecule has 1 aliphatic heterocycles. The van der Waals surface area contributed by atoms with Crippen LogP contribution in [0.5, 0.6) is 11.5 Å². The van der Waals surface area contributed by atoms with Gasteiger partial charge in [0.2, 0.25) is 0 Å². The normalized spacial score (nSPS) is 13.0. The van der Waals surface area contributed by atoms with Crippen LogP contribution in [0.15, 0.2) is 51.8 Å². The molecule has 0 aromatic heterocycles. The number of halogens is 1. The van der Waals surface area contributed by atoms with E-state index in [9.17, 15) is 0 Å². The molecule has 1 heterocycles. The molecule has 0 spiro atoms. The van der Waals surface area contributed by atoms with Crippen LogP contribution >= 0.6 is 27.7 Å². The molecular formula is C16H16BrNO2S. The molecule has 21 heavy (non-hydrogen) atoms. The fraction of sp³-hybridized carbons (Fsp3) is 0.250. The van der Waals surface area contributed by atoms with E-state index in [0.29, 0.717) is 13.2 Å². The summed E-state index contributed by atoms with van der Waals surface area (Å²) in [6.45, 7) is 2.17. The average molecular weight is 366 g/mol. The summed E-state index contributed by atoms with van der Waals surface area (Å²) in [6.07, 6.45) is 0. The summed E-state index contributed by atoms with van der Waals surface area (Å²) in [6, 6.07) is 14.3. The van der Waals surface area contributed by atoms with Gasteiger partial charge in [-0.25, -0.2) is 0 Å². The summed E-state index contributed by atoms with van der Waals surface area (Å²) >= 11 is 5.34. The summed E-state index contributed by atoms with van der Waals surface area (Å²) in [5.41, 5.74) is 1.13. The van der Waals surface area contributed by atoms with Crippen LogP contribution in [0.2, 0.25) is 0 Å². The summed E-state index contributed by atoms with van der Waals surface area (Å²) in [4.78, 5) is 1.20. The van der Waals surface area contributed by atoms with E-state index >= 15 is 0 Å². The third-order valence-corrected chi connectivity index (χ3v) is 4.76. The Kier molecular flexibility index (Phi) is 4.93. The molecule has 3 nitrogen and oxygen atoms in total. The Hall–Kier alpha value is -1.33. The number of hydrogen-bond acceptors (Lipinski definition) is 4. The van der Waals surface area contributed by atoms with Gasteiger partial charge in [0, 0.05) is 27.4 Å². The lowest BCUT2D eigenvalue weighted by Crippen LogP contribution is -2.15. The van der Waals surface area contributed by atoms with Crippen LogP contribution in [0.4, 0.5) is 5.69 Å². The van der Waals surface area contributed by atoms with Crippen molar-refractivity contribution in [1.82, 2.24) is 0 Å². The Balaban J connectivity index is 1.50. The first-order valence-electron chi connectivity index (χ1n) is 6.84. The molecule has 0 saturated heterocycles. The minimum atomic E-state index is 0.630. The van der Waals surface area contributed by atoms with Crippen LogP contribution < -0.4 is 14.8 Å².